The van der Waals surface area contributed by atoms with Crippen LogP contribution < -0.4 is 0 Å². The van der Waals surface area contributed by atoms with Crippen LogP contribution in [0, 0.1) is 0 Å². The molecule has 1 heteroatoms. The van der Waals surface area contributed by atoms with Crippen molar-refractivity contribution >= 4 is 16.6 Å². The fourth-order valence-electron chi connectivity index (χ4n) is 2.41. The van der Waals surface area contributed by atoms with E-state index in [1.165, 1.54) is 10.9 Å². The average molecular weight is 260 g/mol. The molecule has 3 aromatic rings. The van der Waals surface area contributed by atoms with Gasteiger partial charge in [0.05, 0.1) is 0 Å². The topological polar surface area (TPSA) is 17.1 Å². The van der Waals surface area contributed by atoms with Crippen molar-refractivity contribution in [2.24, 2.45) is 0 Å². The van der Waals surface area contributed by atoms with E-state index in [1.54, 1.807) is 0 Å². The third-order valence-corrected chi connectivity index (χ3v) is 3.56. The molecule has 0 unspecified atom stereocenters. The maximum Gasteiger partial charge on any atom is 0.163 e. The molecule has 98 valence electrons. The highest BCUT2D eigenvalue weighted by Gasteiger charge is 2.06. The molecule has 20 heavy (non-hydrogen) atoms. The van der Waals surface area contributed by atoms with Crippen LogP contribution >= 0.6 is 0 Å². The molecule has 0 saturated carbocycles. The van der Waals surface area contributed by atoms with Gasteiger partial charge in [0.25, 0.3) is 0 Å². The summed E-state index contributed by atoms with van der Waals surface area (Å²) in [5.74, 6) is 0.208. The molecule has 0 amide bonds. The van der Waals surface area contributed by atoms with Gasteiger partial charge in [0.1, 0.15) is 0 Å². The Morgan fingerprint density at radius 2 is 1.45 bits per heavy atom. The molecule has 3 rings (SSSR count). The van der Waals surface area contributed by atoms with Crippen molar-refractivity contribution in [3.63, 3.8) is 0 Å². The average Bonchev–Trinajstić information content (AvgIpc) is 2.53. The lowest BCUT2D eigenvalue weighted by Crippen LogP contribution is -2.01. The SMILES string of the molecule is O=C(CCc1ccccc1)c1ccc2ccccc2c1. The number of hydrogen-bond donors (Lipinski definition) is 0. The molecule has 0 aliphatic rings. The molecule has 0 heterocycles. The highest BCUT2D eigenvalue weighted by molar-refractivity contribution is 6.00. The van der Waals surface area contributed by atoms with Crippen LogP contribution in [0.15, 0.2) is 72.8 Å². The first kappa shape index (κ1) is 12.6. The molecular weight excluding hydrogens is 244 g/mol. The summed E-state index contributed by atoms with van der Waals surface area (Å²) < 4.78 is 0. The fourth-order valence-corrected chi connectivity index (χ4v) is 2.41. The zero-order valence-electron chi connectivity index (χ0n) is 11.3. The van der Waals surface area contributed by atoms with Gasteiger partial charge in [0.15, 0.2) is 5.78 Å². The van der Waals surface area contributed by atoms with Crippen LogP contribution in [-0.2, 0) is 6.42 Å². The number of aryl methyl sites for hydroxylation is 1. The minimum Gasteiger partial charge on any atom is -0.294 e. The van der Waals surface area contributed by atoms with Crippen LogP contribution in [0.25, 0.3) is 10.8 Å². The molecule has 0 spiro atoms. The van der Waals surface area contributed by atoms with Gasteiger partial charge in [0.2, 0.25) is 0 Å². The lowest BCUT2D eigenvalue weighted by molar-refractivity contribution is 0.0983. The van der Waals surface area contributed by atoms with Gasteiger partial charge in [-0.3, -0.25) is 4.79 Å². The summed E-state index contributed by atoms with van der Waals surface area (Å²) in [6.07, 6.45) is 1.36. The monoisotopic (exact) mass is 260 g/mol. The van der Waals surface area contributed by atoms with Crippen molar-refractivity contribution in [3.05, 3.63) is 83.9 Å². The minimum absolute atomic E-state index is 0.208. The third-order valence-electron chi connectivity index (χ3n) is 3.56. The maximum absolute atomic E-state index is 12.3. The second-order valence-electron chi connectivity index (χ2n) is 4.97. The van der Waals surface area contributed by atoms with Crippen molar-refractivity contribution in [2.45, 2.75) is 12.8 Å². The molecule has 0 aliphatic carbocycles. The van der Waals surface area contributed by atoms with Crippen LogP contribution in [-0.4, -0.2) is 5.78 Å². The van der Waals surface area contributed by atoms with Crippen LogP contribution in [0.2, 0.25) is 0 Å². The summed E-state index contributed by atoms with van der Waals surface area (Å²) in [6, 6.07) is 24.2. The van der Waals surface area contributed by atoms with Gasteiger partial charge in [-0.1, -0.05) is 66.7 Å². The maximum atomic E-state index is 12.3. The van der Waals surface area contributed by atoms with Crippen molar-refractivity contribution in [1.82, 2.24) is 0 Å². The Bertz CT molecular complexity index is 729. The molecule has 1 nitrogen and oxygen atoms in total. The Labute approximate surface area is 118 Å². The fraction of sp³-hybridized carbons (Fsp3) is 0.105. The molecule has 0 N–H and O–H groups in total. The highest BCUT2D eigenvalue weighted by atomic mass is 16.1. The number of rotatable bonds is 4. The van der Waals surface area contributed by atoms with Crippen LogP contribution in [0.1, 0.15) is 22.3 Å². The summed E-state index contributed by atoms with van der Waals surface area (Å²) >= 11 is 0. The van der Waals surface area contributed by atoms with Crippen LogP contribution in [0.4, 0.5) is 0 Å². The summed E-state index contributed by atoms with van der Waals surface area (Å²) in [5, 5.41) is 2.30. The zero-order valence-corrected chi connectivity index (χ0v) is 11.3. The van der Waals surface area contributed by atoms with E-state index in [-0.39, 0.29) is 5.78 Å². The molecule has 0 aromatic heterocycles. The predicted octanol–water partition coefficient (Wildman–Crippen LogP) is 4.66. The lowest BCUT2D eigenvalue weighted by atomic mass is 10.00. The molecular formula is C19H16O. The number of carbonyl (C=O) groups is 1. The number of carbonyl (C=O) groups excluding carboxylic acids is 1. The summed E-state index contributed by atoms with van der Waals surface area (Å²) in [4.78, 5) is 12.3. The van der Waals surface area contributed by atoms with Gasteiger partial charge in [-0.25, -0.2) is 0 Å². The second kappa shape index (κ2) is 5.70. The number of hydrogen-bond acceptors (Lipinski definition) is 1. The van der Waals surface area contributed by atoms with Gasteiger partial charge >= 0.3 is 0 Å². The second-order valence-corrected chi connectivity index (χ2v) is 4.97. The number of benzene rings is 3. The Hall–Kier alpha value is -2.41. The normalized spacial score (nSPS) is 10.6. The van der Waals surface area contributed by atoms with Crippen LogP contribution in [0.5, 0.6) is 0 Å². The van der Waals surface area contributed by atoms with Crippen molar-refractivity contribution in [3.8, 4) is 0 Å². The molecule has 0 aliphatic heterocycles. The smallest absolute Gasteiger partial charge is 0.163 e. The van der Waals surface area contributed by atoms with Gasteiger partial charge in [-0.2, -0.15) is 0 Å². The van der Waals surface area contributed by atoms with E-state index in [2.05, 4.69) is 18.2 Å². The lowest BCUT2D eigenvalue weighted by Gasteiger charge is -2.04. The van der Waals surface area contributed by atoms with Gasteiger partial charge < -0.3 is 0 Å². The number of fused-ring (bicyclic) bond motifs is 1. The molecule has 0 saturated heterocycles. The zero-order chi connectivity index (χ0) is 13.8. The molecule has 0 bridgehead atoms. The Kier molecular flexibility index (Phi) is 3.60. The van der Waals surface area contributed by atoms with Crippen molar-refractivity contribution in [2.75, 3.05) is 0 Å². The van der Waals surface area contributed by atoms with E-state index < -0.39 is 0 Å². The Balaban J connectivity index is 1.75. The van der Waals surface area contributed by atoms with Gasteiger partial charge in [-0.15, -0.1) is 0 Å². The third kappa shape index (κ3) is 2.77. The molecule has 0 fully saturated rings. The minimum atomic E-state index is 0.208. The summed E-state index contributed by atoms with van der Waals surface area (Å²) in [7, 11) is 0. The Morgan fingerprint density at radius 3 is 2.25 bits per heavy atom. The quantitative estimate of drug-likeness (QED) is 0.624. The van der Waals surface area contributed by atoms with E-state index in [1.807, 2.05) is 54.6 Å². The molecule has 0 radical (unpaired) electrons. The van der Waals surface area contributed by atoms with Gasteiger partial charge in [0, 0.05) is 12.0 Å². The number of ketones is 1. The molecule has 3 aromatic carbocycles. The van der Waals surface area contributed by atoms with Crippen LogP contribution in [0.3, 0.4) is 0 Å². The summed E-state index contributed by atoms with van der Waals surface area (Å²) in [6.45, 7) is 0. The van der Waals surface area contributed by atoms with E-state index in [9.17, 15) is 4.79 Å². The molecule has 0 atom stereocenters. The first-order valence-corrected chi connectivity index (χ1v) is 6.89. The number of Topliss-reactive ketones (excluding diaryl/α,β-unsaturated/α-hetero) is 1. The highest BCUT2D eigenvalue weighted by Crippen LogP contribution is 2.17. The van der Waals surface area contributed by atoms with Gasteiger partial charge in [-0.05, 0) is 28.8 Å². The van der Waals surface area contributed by atoms with E-state index in [4.69, 9.17) is 0 Å². The first-order valence-electron chi connectivity index (χ1n) is 6.89. The van der Waals surface area contributed by atoms with E-state index >= 15 is 0 Å². The van der Waals surface area contributed by atoms with E-state index in [0.29, 0.717) is 6.42 Å². The predicted molar refractivity (Wildman–Crippen MR) is 83.0 cm³/mol. The van der Waals surface area contributed by atoms with Crippen molar-refractivity contribution in [1.29, 1.82) is 0 Å². The summed E-state index contributed by atoms with van der Waals surface area (Å²) in [5.41, 5.74) is 2.02. The largest absolute Gasteiger partial charge is 0.294 e. The van der Waals surface area contributed by atoms with Crippen molar-refractivity contribution < 1.29 is 4.79 Å². The van der Waals surface area contributed by atoms with E-state index in [0.717, 1.165) is 17.4 Å². The first-order chi connectivity index (χ1) is 9.83. The Morgan fingerprint density at radius 1 is 0.750 bits per heavy atom. The standard InChI is InChI=1S/C19H16O/c20-19(13-10-15-6-2-1-3-7-15)18-12-11-16-8-4-5-9-17(16)14-18/h1-9,11-12,14H,10,13H2.